The van der Waals surface area contributed by atoms with E-state index < -0.39 is 0 Å². The summed E-state index contributed by atoms with van der Waals surface area (Å²) in [5.74, 6) is 0. The van der Waals surface area contributed by atoms with Crippen LogP contribution in [-0.4, -0.2) is 13.1 Å². The predicted octanol–water partition coefficient (Wildman–Crippen LogP) is 3.40. The molecular formula is C17H21N3. The second-order valence-electron chi connectivity index (χ2n) is 5.21. The SMILES string of the molecule is c1ccc(NNCc2ccc(N3CCCC3)cc2)cc1. The van der Waals surface area contributed by atoms with Crippen molar-refractivity contribution in [3.8, 4) is 0 Å². The van der Waals surface area contributed by atoms with Crippen molar-refractivity contribution in [1.82, 2.24) is 5.43 Å². The smallest absolute Gasteiger partial charge is 0.0487 e. The second kappa shape index (κ2) is 6.44. The first-order valence-corrected chi connectivity index (χ1v) is 7.30. The molecule has 0 unspecified atom stereocenters. The number of benzene rings is 2. The average molecular weight is 267 g/mol. The molecule has 20 heavy (non-hydrogen) atoms. The van der Waals surface area contributed by atoms with Crippen molar-refractivity contribution in [3.63, 3.8) is 0 Å². The Bertz CT molecular complexity index is 516. The first-order chi connectivity index (χ1) is 9.92. The lowest BCUT2D eigenvalue weighted by Crippen LogP contribution is -2.21. The van der Waals surface area contributed by atoms with Crippen molar-refractivity contribution in [1.29, 1.82) is 0 Å². The molecule has 0 bridgehead atoms. The molecule has 3 heteroatoms. The van der Waals surface area contributed by atoms with Gasteiger partial charge in [0.25, 0.3) is 0 Å². The normalized spacial score (nSPS) is 14.5. The van der Waals surface area contributed by atoms with E-state index >= 15 is 0 Å². The van der Waals surface area contributed by atoms with Crippen LogP contribution in [0.4, 0.5) is 11.4 Å². The highest BCUT2D eigenvalue weighted by atomic mass is 15.3. The molecule has 0 amide bonds. The van der Waals surface area contributed by atoms with Gasteiger partial charge in [0.05, 0.1) is 0 Å². The summed E-state index contributed by atoms with van der Waals surface area (Å²) in [4.78, 5) is 2.46. The van der Waals surface area contributed by atoms with Gasteiger partial charge in [0.15, 0.2) is 0 Å². The lowest BCUT2D eigenvalue weighted by atomic mass is 10.2. The summed E-state index contributed by atoms with van der Waals surface area (Å²) in [6.45, 7) is 3.22. The fourth-order valence-electron chi connectivity index (χ4n) is 2.57. The minimum absolute atomic E-state index is 0.815. The Balaban J connectivity index is 1.50. The summed E-state index contributed by atoms with van der Waals surface area (Å²) in [5, 5.41) is 0. The summed E-state index contributed by atoms with van der Waals surface area (Å²) in [6, 6.07) is 19.0. The molecule has 1 aliphatic heterocycles. The number of rotatable bonds is 5. The number of hydrogen-bond donors (Lipinski definition) is 2. The van der Waals surface area contributed by atoms with Crippen LogP contribution in [0.2, 0.25) is 0 Å². The molecule has 2 aromatic rings. The number of nitrogens with one attached hydrogen (secondary N) is 2. The maximum absolute atomic E-state index is 3.24. The molecule has 1 fully saturated rings. The van der Waals surface area contributed by atoms with E-state index in [1.807, 2.05) is 30.3 Å². The van der Waals surface area contributed by atoms with Gasteiger partial charge in [0.2, 0.25) is 0 Å². The van der Waals surface area contributed by atoms with Gasteiger partial charge >= 0.3 is 0 Å². The van der Waals surface area contributed by atoms with Crippen LogP contribution in [0.5, 0.6) is 0 Å². The molecule has 1 saturated heterocycles. The summed E-state index contributed by atoms with van der Waals surface area (Å²) in [5.41, 5.74) is 10.2. The van der Waals surface area contributed by atoms with Crippen LogP contribution >= 0.6 is 0 Å². The van der Waals surface area contributed by atoms with Gasteiger partial charge in [-0.3, -0.25) is 0 Å². The third-order valence-electron chi connectivity index (χ3n) is 3.71. The molecule has 2 N–H and O–H groups in total. The molecule has 1 aliphatic rings. The van der Waals surface area contributed by atoms with Crippen LogP contribution in [0.25, 0.3) is 0 Å². The van der Waals surface area contributed by atoms with Crippen molar-refractivity contribution in [2.24, 2.45) is 0 Å². The molecule has 3 rings (SSSR count). The highest BCUT2D eigenvalue weighted by molar-refractivity contribution is 5.48. The van der Waals surface area contributed by atoms with Crippen LogP contribution in [-0.2, 0) is 6.54 Å². The van der Waals surface area contributed by atoms with Gasteiger partial charge in [0, 0.05) is 31.0 Å². The number of para-hydroxylation sites is 1. The summed E-state index contributed by atoms with van der Waals surface area (Å²) in [6.07, 6.45) is 2.65. The van der Waals surface area contributed by atoms with Gasteiger partial charge in [-0.1, -0.05) is 30.3 Å². The van der Waals surface area contributed by atoms with E-state index in [0.29, 0.717) is 0 Å². The van der Waals surface area contributed by atoms with Crippen molar-refractivity contribution in [2.45, 2.75) is 19.4 Å². The van der Waals surface area contributed by atoms with E-state index in [9.17, 15) is 0 Å². The van der Waals surface area contributed by atoms with Crippen LogP contribution < -0.4 is 15.8 Å². The van der Waals surface area contributed by atoms with Gasteiger partial charge in [-0.15, -0.1) is 0 Å². The number of hydrazine groups is 1. The zero-order chi connectivity index (χ0) is 13.6. The fourth-order valence-corrected chi connectivity index (χ4v) is 2.57. The van der Waals surface area contributed by atoms with Crippen LogP contribution in [0.1, 0.15) is 18.4 Å². The van der Waals surface area contributed by atoms with Gasteiger partial charge in [-0.2, -0.15) is 0 Å². The molecule has 104 valence electrons. The second-order valence-corrected chi connectivity index (χ2v) is 5.21. The minimum Gasteiger partial charge on any atom is -0.372 e. The number of hydrogen-bond acceptors (Lipinski definition) is 3. The lowest BCUT2D eigenvalue weighted by Gasteiger charge is -2.17. The largest absolute Gasteiger partial charge is 0.372 e. The Hall–Kier alpha value is -2.00. The van der Waals surface area contributed by atoms with Crippen LogP contribution in [0.15, 0.2) is 54.6 Å². The van der Waals surface area contributed by atoms with E-state index in [2.05, 4.69) is 40.0 Å². The molecular weight excluding hydrogens is 246 g/mol. The highest BCUT2D eigenvalue weighted by Crippen LogP contribution is 2.20. The average Bonchev–Trinajstić information content (AvgIpc) is 3.03. The molecule has 0 radical (unpaired) electrons. The Morgan fingerprint density at radius 1 is 0.850 bits per heavy atom. The standard InChI is InChI=1S/C17H21N3/c1-2-6-16(7-3-1)19-18-14-15-8-10-17(11-9-15)20-12-4-5-13-20/h1-3,6-11,18-19H,4-5,12-14H2. The molecule has 0 aliphatic carbocycles. The maximum atomic E-state index is 3.24. The van der Waals surface area contributed by atoms with Crippen molar-refractivity contribution >= 4 is 11.4 Å². The van der Waals surface area contributed by atoms with Gasteiger partial charge < -0.3 is 10.3 Å². The monoisotopic (exact) mass is 267 g/mol. The summed E-state index contributed by atoms with van der Waals surface area (Å²) < 4.78 is 0. The first-order valence-electron chi connectivity index (χ1n) is 7.30. The number of anilines is 2. The van der Waals surface area contributed by atoms with E-state index in [1.54, 1.807) is 0 Å². The summed E-state index contributed by atoms with van der Waals surface area (Å²) in [7, 11) is 0. The summed E-state index contributed by atoms with van der Waals surface area (Å²) >= 11 is 0. The molecule has 0 spiro atoms. The van der Waals surface area contributed by atoms with Crippen LogP contribution in [0, 0.1) is 0 Å². The van der Waals surface area contributed by atoms with E-state index in [1.165, 1.54) is 37.2 Å². The molecule has 0 atom stereocenters. The molecule has 1 heterocycles. The predicted molar refractivity (Wildman–Crippen MR) is 84.8 cm³/mol. The lowest BCUT2D eigenvalue weighted by molar-refractivity contribution is 0.801. The van der Waals surface area contributed by atoms with Gasteiger partial charge in [0.1, 0.15) is 0 Å². The zero-order valence-corrected chi connectivity index (χ0v) is 11.7. The molecule has 0 saturated carbocycles. The molecule has 3 nitrogen and oxygen atoms in total. The van der Waals surface area contributed by atoms with Gasteiger partial charge in [-0.05, 0) is 42.7 Å². The van der Waals surface area contributed by atoms with E-state index in [-0.39, 0.29) is 0 Å². The van der Waals surface area contributed by atoms with Crippen molar-refractivity contribution in [3.05, 3.63) is 60.2 Å². The zero-order valence-electron chi connectivity index (χ0n) is 11.7. The van der Waals surface area contributed by atoms with E-state index in [4.69, 9.17) is 0 Å². The number of nitrogens with zero attached hydrogens (tertiary/aromatic N) is 1. The molecule has 0 aromatic heterocycles. The molecule has 2 aromatic carbocycles. The third-order valence-corrected chi connectivity index (χ3v) is 3.71. The first kappa shape index (κ1) is 13.0. The quantitative estimate of drug-likeness (QED) is 0.813. The highest BCUT2D eigenvalue weighted by Gasteiger charge is 2.11. The van der Waals surface area contributed by atoms with Crippen molar-refractivity contribution in [2.75, 3.05) is 23.4 Å². The topological polar surface area (TPSA) is 27.3 Å². The third kappa shape index (κ3) is 3.31. The van der Waals surface area contributed by atoms with Crippen LogP contribution in [0.3, 0.4) is 0 Å². The minimum atomic E-state index is 0.815. The fraction of sp³-hybridized carbons (Fsp3) is 0.294. The Kier molecular flexibility index (Phi) is 4.19. The van der Waals surface area contributed by atoms with Gasteiger partial charge in [-0.25, -0.2) is 5.43 Å². The van der Waals surface area contributed by atoms with Crippen molar-refractivity contribution < 1.29 is 0 Å². The van der Waals surface area contributed by atoms with E-state index in [0.717, 1.165) is 12.2 Å². The Labute approximate surface area is 120 Å². The maximum Gasteiger partial charge on any atom is 0.0487 e. The Morgan fingerprint density at radius 2 is 1.55 bits per heavy atom. The Morgan fingerprint density at radius 3 is 2.25 bits per heavy atom.